The average Bonchev–Trinajstić information content (AvgIpc) is 3.11. The van der Waals surface area contributed by atoms with Crippen LogP contribution >= 0.6 is 11.6 Å². The lowest BCUT2D eigenvalue weighted by molar-refractivity contribution is 0.219. The SMILES string of the molecule is COc1ncc(Cl)cc1Nc1nccc(-c2cc(C#N)c3c(c2)C(C)(CO)CN3)n1. The fourth-order valence-electron chi connectivity index (χ4n) is 3.44. The molecule has 3 heterocycles. The number of benzene rings is 1. The molecule has 0 fully saturated rings. The van der Waals surface area contributed by atoms with Gasteiger partial charge in [-0.15, -0.1) is 0 Å². The molecule has 0 saturated carbocycles. The summed E-state index contributed by atoms with van der Waals surface area (Å²) in [4.78, 5) is 13.0. The molecule has 0 amide bonds. The molecule has 1 unspecified atom stereocenters. The van der Waals surface area contributed by atoms with Crippen molar-refractivity contribution in [2.45, 2.75) is 12.3 Å². The fourth-order valence-corrected chi connectivity index (χ4v) is 3.60. The summed E-state index contributed by atoms with van der Waals surface area (Å²) in [6.45, 7) is 2.50. The van der Waals surface area contributed by atoms with Gasteiger partial charge in [0.05, 0.1) is 35.7 Å². The molecule has 0 aliphatic carbocycles. The predicted molar refractivity (Wildman–Crippen MR) is 114 cm³/mol. The van der Waals surface area contributed by atoms with Gasteiger partial charge in [0.1, 0.15) is 11.8 Å². The highest BCUT2D eigenvalue weighted by molar-refractivity contribution is 6.30. The third-order valence-corrected chi connectivity index (χ3v) is 5.33. The van der Waals surface area contributed by atoms with Crippen LogP contribution in [-0.2, 0) is 5.41 Å². The summed E-state index contributed by atoms with van der Waals surface area (Å²) < 4.78 is 5.25. The highest BCUT2D eigenvalue weighted by atomic mass is 35.5. The first-order valence-electron chi connectivity index (χ1n) is 9.21. The van der Waals surface area contributed by atoms with E-state index in [0.29, 0.717) is 40.3 Å². The van der Waals surface area contributed by atoms with Gasteiger partial charge >= 0.3 is 0 Å². The molecular formula is C21H19ClN6O2. The number of rotatable bonds is 5. The molecule has 1 aromatic carbocycles. The zero-order valence-electron chi connectivity index (χ0n) is 16.4. The van der Waals surface area contributed by atoms with E-state index in [1.165, 1.54) is 13.3 Å². The fraction of sp³-hybridized carbons (Fsp3) is 0.238. The highest BCUT2D eigenvalue weighted by Gasteiger charge is 2.35. The van der Waals surface area contributed by atoms with Crippen molar-refractivity contribution in [1.82, 2.24) is 15.0 Å². The Hall–Kier alpha value is -3.41. The van der Waals surface area contributed by atoms with E-state index in [0.717, 1.165) is 16.8 Å². The molecule has 4 rings (SSSR count). The molecule has 0 bridgehead atoms. The number of hydrogen-bond donors (Lipinski definition) is 3. The maximum Gasteiger partial charge on any atom is 0.237 e. The van der Waals surface area contributed by atoms with Crippen molar-refractivity contribution in [3.05, 3.63) is 52.8 Å². The van der Waals surface area contributed by atoms with Gasteiger partial charge in [-0.1, -0.05) is 18.5 Å². The number of fused-ring (bicyclic) bond motifs is 1. The van der Waals surface area contributed by atoms with Crippen LogP contribution in [0.2, 0.25) is 5.02 Å². The minimum atomic E-state index is -0.467. The summed E-state index contributed by atoms with van der Waals surface area (Å²) in [6, 6.07) is 9.41. The van der Waals surface area contributed by atoms with Crippen LogP contribution in [-0.4, -0.2) is 40.3 Å². The lowest BCUT2D eigenvalue weighted by Gasteiger charge is -2.21. The molecule has 1 aliphatic rings. The largest absolute Gasteiger partial charge is 0.480 e. The van der Waals surface area contributed by atoms with Gasteiger partial charge in [0.15, 0.2) is 0 Å². The Morgan fingerprint density at radius 2 is 2.20 bits per heavy atom. The van der Waals surface area contributed by atoms with Crippen LogP contribution in [0.1, 0.15) is 18.1 Å². The van der Waals surface area contributed by atoms with Gasteiger partial charge in [-0.05, 0) is 29.8 Å². The van der Waals surface area contributed by atoms with E-state index in [-0.39, 0.29) is 6.61 Å². The van der Waals surface area contributed by atoms with E-state index in [1.807, 2.05) is 13.0 Å². The first-order chi connectivity index (χ1) is 14.5. The minimum absolute atomic E-state index is 0.0283. The van der Waals surface area contributed by atoms with Crippen LogP contribution in [0.25, 0.3) is 11.3 Å². The van der Waals surface area contributed by atoms with Gasteiger partial charge in [-0.2, -0.15) is 5.26 Å². The Morgan fingerprint density at radius 3 is 2.93 bits per heavy atom. The lowest BCUT2D eigenvalue weighted by Crippen LogP contribution is -2.28. The number of methoxy groups -OCH3 is 1. The van der Waals surface area contributed by atoms with E-state index < -0.39 is 5.41 Å². The van der Waals surface area contributed by atoms with Crippen molar-refractivity contribution in [2.75, 3.05) is 30.9 Å². The second-order valence-electron chi connectivity index (χ2n) is 7.23. The number of pyridine rings is 1. The number of aromatic nitrogens is 3. The summed E-state index contributed by atoms with van der Waals surface area (Å²) in [5.74, 6) is 0.694. The third kappa shape index (κ3) is 3.49. The maximum absolute atomic E-state index is 9.89. The number of hydrogen-bond acceptors (Lipinski definition) is 8. The molecule has 0 radical (unpaired) electrons. The monoisotopic (exact) mass is 422 g/mol. The molecule has 0 saturated heterocycles. The Balaban J connectivity index is 1.75. The van der Waals surface area contributed by atoms with Gasteiger partial charge < -0.3 is 20.5 Å². The van der Waals surface area contributed by atoms with E-state index in [1.54, 1.807) is 24.4 Å². The van der Waals surface area contributed by atoms with Crippen LogP contribution in [0.15, 0.2) is 36.7 Å². The number of aliphatic hydroxyl groups excluding tert-OH is 1. The van der Waals surface area contributed by atoms with Gasteiger partial charge in [0.2, 0.25) is 11.8 Å². The van der Waals surface area contributed by atoms with Crippen molar-refractivity contribution >= 4 is 28.9 Å². The smallest absolute Gasteiger partial charge is 0.237 e. The number of halogens is 1. The summed E-state index contributed by atoms with van der Waals surface area (Å²) >= 11 is 6.04. The molecule has 3 aromatic rings. The second-order valence-corrected chi connectivity index (χ2v) is 7.67. The van der Waals surface area contributed by atoms with E-state index in [4.69, 9.17) is 16.3 Å². The van der Waals surface area contributed by atoms with Crippen LogP contribution < -0.4 is 15.4 Å². The predicted octanol–water partition coefficient (Wildman–Crippen LogP) is 3.49. The van der Waals surface area contributed by atoms with Crippen LogP contribution in [0, 0.1) is 11.3 Å². The number of ether oxygens (including phenoxy) is 1. The van der Waals surface area contributed by atoms with Crippen LogP contribution in [0.5, 0.6) is 5.88 Å². The van der Waals surface area contributed by atoms with Crippen molar-refractivity contribution in [3.63, 3.8) is 0 Å². The van der Waals surface area contributed by atoms with E-state index >= 15 is 0 Å². The Labute approximate surface area is 178 Å². The Morgan fingerprint density at radius 1 is 1.37 bits per heavy atom. The van der Waals surface area contributed by atoms with Crippen molar-refractivity contribution in [3.8, 4) is 23.2 Å². The van der Waals surface area contributed by atoms with Crippen LogP contribution in [0.3, 0.4) is 0 Å². The number of anilines is 3. The number of nitrogens with one attached hydrogen (secondary N) is 2. The van der Waals surface area contributed by atoms with E-state index in [2.05, 4.69) is 31.7 Å². The molecule has 30 heavy (non-hydrogen) atoms. The summed E-state index contributed by atoms with van der Waals surface area (Å²) in [6.07, 6.45) is 3.11. The van der Waals surface area contributed by atoms with Gasteiger partial charge in [0.25, 0.3) is 0 Å². The standard InChI is InChI=1S/C21H19ClN6O2/c1-21(11-29)10-26-18-13(8-23)5-12(6-15(18)21)16-3-4-24-20(27-16)28-17-7-14(22)9-25-19(17)30-2/h3-7,9,26,29H,10-11H2,1-2H3,(H,24,27,28). The number of nitriles is 1. The average molecular weight is 423 g/mol. The first-order valence-corrected chi connectivity index (χ1v) is 9.58. The lowest BCUT2D eigenvalue weighted by atomic mass is 9.83. The van der Waals surface area contributed by atoms with Crippen molar-refractivity contribution in [2.24, 2.45) is 0 Å². The van der Waals surface area contributed by atoms with Crippen LogP contribution in [0.4, 0.5) is 17.3 Å². The molecule has 1 aliphatic heterocycles. The van der Waals surface area contributed by atoms with Gasteiger partial charge in [0, 0.05) is 29.9 Å². The second kappa shape index (κ2) is 7.78. The summed E-state index contributed by atoms with van der Waals surface area (Å²) in [5.41, 5.74) is 3.63. The molecule has 1 atom stereocenters. The minimum Gasteiger partial charge on any atom is -0.480 e. The highest BCUT2D eigenvalue weighted by Crippen LogP contribution is 2.41. The van der Waals surface area contributed by atoms with Crippen molar-refractivity contribution in [1.29, 1.82) is 5.26 Å². The summed E-state index contributed by atoms with van der Waals surface area (Å²) in [7, 11) is 1.51. The maximum atomic E-state index is 9.89. The Bertz CT molecular complexity index is 1160. The topological polar surface area (TPSA) is 116 Å². The normalized spacial score (nSPS) is 17.0. The van der Waals surface area contributed by atoms with E-state index in [9.17, 15) is 10.4 Å². The zero-order valence-corrected chi connectivity index (χ0v) is 17.2. The first kappa shape index (κ1) is 19.9. The third-order valence-electron chi connectivity index (χ3n) is 5.12. The number of aliphatic hydroxyl groups is 1. The quantitative estimate of drug-likeness (QED) is 0.572. The molecule has 8 nitrogen and oxygen atoms in total. The van der Waals surface area contributed by atoms with Gasteiger partial charge in [-0.3, -0.25) is 0 Å². The molecule has 152 valence electrons. The molecular weight excluding hydrogens is 404 g/mol. The summed E-state index contributed by atoms with van der Waals surface area (Å²) in [5, 5.41) is 26.3. The molecule has 3 N–H and O–H groups in total. The number of nitrogens with zero attached hydrogens (tertiary/aromatic N) is 4. The van der Waals surface area contributed by atoms with Gasteiger partial charge in [-0.25, -0.2) is 15.0 Å². The molecule has 9 heteroatoms. The van der Waals surface area contributed by atoms with Crippen molar-refractivity contribution < 1.29 is 9.84 Å². The zero-order chi connectivity index (χ0) is 21.3. The molecule has 2 aromatic heterocycles. The Kier molecular flexibility index (Phi) is 5.16. The molecule has 0 spiro atoms.